The maximum atomic E-state index is 14.2. The highest BCUT2D eigenvalue weighted by atomic mass is 19.4. The Morgan fingerprint density at radius 3 is 0.883 bits per heavy atom. The highest BCUT2D eigenvalue weighted by Crippen LogP contribution is 2.41. The number of Topliss-reactive ketones (excluding diaryl/α,β-unsaturated/α-hetero) is 1. The molecule has 0 saturated heterocycles. The lowest BCUT2D eigenvalue weighted by atomic mass is 9.12. The third kappa shape index (κ3) is 13.1. The van der Waals surface area contributed by atoms with Crippen LogP contribution in [0.25, 0.3) is 10.9 Å². The summed E-state index contributed by atoms with van der Waals surface area (Å²) in [6.07, 6.45) is -53.2. The fraction of sp³-hybridized carbons (Fsp3) is 0.184. The summed E-state index contributed by atoms with van der Waals surface area (Å²) in [6.45, 7) is 0.199. The number of fused-ring (bicyclic) bond motifs is 1. The largest absolute Gasteiger partial charge is 0.416 e. The molecule has 1 heterocycles. The first-order chi connectivity index (χ1) is 35.0. The van der Waals surface area contributed by atoms with Crippen LogP contribution in [0.3, 0.4) is 0 Å². The molecule has 0 N–H and O–H groups in total. The number of halogens is 25. The van der Waals surface area contributed by atoms with Crippen molar-refractivity contribution in [2.24, 2.45) is 0 Å². The van der Waals surface area contributed by atoms with E-state index in [0.29, 0.717) is 10.9 Å². The standard InChI is InChI=1S/C32H12BF24.C17H13FNO/c34-25(35,36)13-1-14(26(37,38)39)6-21(5-13)33(22-7-15(27(40,41)42)2-16(8-22)28(43,44)45,23-9-17(29(46,47)48)3-18(10-23)30(49,50)51)24-11-19(31(52,53)54)4-20(12-24)32(55,56)57;18-15-10-11-19(16-9-5-4-8-14(15)16)12-17(20)13-6-2-1-3-7-13/h1-12H;1-11H,12H2/q-1;+1. The number of hydrogen-bond donors (Lipinski definition) is 0. The quantitative estimate of drug-likeness (QED) is 0.0674. The topological polar surface area (TPSA) is 20.9 Å². The number of hydrogen-bond acceptors (Lipinski definition) is 1. The smallest absolute Gasteiger partial charge is 0.287 e. The van der Waals surface area contributed by atoms with E-state index in [2.05, 4.69) is 0 Å². The lowest BCUT2D eigenvalue weighted by molar-refractivity contribution is -0.657. The summed E-state index contributed by atoms with van der Waals surface area (Å²) in [4.78, 5) is 12.2. The van der Waals surface area contributed by atoms with E-state index in [1.54, 1.807) is 35.0 Å². The minimum Gasteiger partial charge on any atom is -0.287 e. The van der Waals surface area contributed by atoms with Gasteiger partial charge in [0.05, 0.1) is 49.9 Å². The number of pyridine rings is 1. The minimum absolute atomic E-state index is 0.00682. The van der Waals surface area contributed by atoms with Gasteiger partial charge in [0.15, 0.2) is 6.20 Å². The molecule has 77 heavy (non-hydrogen) atoms. The average molecular weight is 1130 g/mol. The first-order valence-corrected chi connectivity index (χ1v) is 21.0. The fourth-order valence-corrected chi connectivity index (χ4v) is 8.33. The van der Waals surface area contributed by atoms with E-state index in [4.69, 9.17) is 0 Å². The van der Waals surface area contributed by atoms with Crippen molar-refractivity contribution in [3.05, 3.63) is 196 Å². The van der Waals surface area contributed by atoms with Gasteiger partial charge in [-0.05, 0) is 30.3 Å². The third-order valence-electron chi connectivity index (χ3n) is 11.7. The molecule has 28 heteroatoms. The van der Waals surface area contributed by atoms with E-state index in [1.807, 2.05) is 30.3 Å². The average Bonchev–Trinajstić information content (AvgIpc) is 3.31. The second-order valence-electron chi connectivity index (χ2n) is 16.8. The monoisotopic (exact) mass is 1130 g/mol. The molecule has 0 aliphatic heterocycles. The van der Waals surface area contributed by atoms with Gasteiger partial charge in [-0.1, -0.05) is 91.0 Å². The summed E-state index contributed by atoms with van der Waals surface area (Å²) in [6, 6.07) is 8.85. The highest BCUT2D eigenvalue weighted by molar-refractivity contribution is 7.20. The Balaban J connectivity index is 0.000000397. The molecule has 0 saturated carbocycles. The zero-order valence-corrected chi connectivity index (χ0v) is 37.4. The van der Waals surface area contributed by atoms with Gasteiger partial charge in [0.1, 0.15) is 12.0 Å². The van der Waals surface area contributed by atoms with Crippen LogP contribution in [0.4, 0.5) is 110 Å². The van der Waals surface area contributed by atoms with Gasteiger partial charge < -0.3 is 0 Å². The molecule has 0 atom stereocenters. The van der Waals surface area contributed by atoms with Crippen LogP contribution in [0.15, 0.2) is 140 Å². The number of benzene rings is 6. The second-order valence-corrected chi connectivity index (χ2v) is 16.8. The van der Waals surface area contributed by atoms with Gasteiger partial charge >= 0.3 is 49.4 Å². The molecule has 410 valence electrons. The Hall–Kier alpha value is -7.29. The molecule has 0 amide bonds. The van der Waals surface area contributed by atoms with Crippen LogP contribution in [0.2, 0.25) is 0 Å². The van der Waals surface area contributed by atoms with Crippen molar-refractivity contribution < 1.29 is 119 Å². The number of carbonyl (C=O) groups is 1. The van der Waals surface area contributed by atoms with Crippen LogP contribution >= 0.6 is 0 Å². The van der Waals surface area contributed by atoms with E-state index in [1.165, 1.54) is 6.07 Å². The Bertz CT molecular complexity index is 2870. The highest BCUT2D eigenvalue weighted by Gasteiger charge is 2.47. The number of ketones is 1. The molecule has 0 aliphatic carbocycles. The maximum Gasteiger partial charge on any atom is 0.416 e. The van der Waals surface area contributed by atoms with E-state index in [9.17, 15) is 115 Å². The van der Waals surface area contributed by atoms with Gasteiger partial charge in [-0.3, -0.25) is 4.79 Å². The van der Waals surface area contributed by atoms with Crippen molar-refractivity contribution in [1.82, 2.24) is 0 Å². The predicted molar refractivity (Wildman–Crippen MR) is 225 cm³/mol. The Morgan fingerprint density at radius 2 is 0.610 bits per heavy atom. The zero-order valence-electron chi connectivity index (χ0n) is 37.4. The van der Waals surface area contributed by atoms with E-state index in [-0.39, 0.29) is 18.1 Å². The van der Waals surface area contributed by atoms with Crippen molar-refractivity contribution in [2.45, 2.75) is 56.0 Å². The molecule has 1 aromatic heterocycles. The Morgan fingerprint density at radius 1 is 0.351 bits per heavy atom. The molecular formula is C49H25BF25NO. The normalized spacial score (nSPS) is 13.4. The minimum atomic E-state index is -6.13. The van der Waals surface area contributed by atoms with Gasteiger partial charge in [0.2, 0.25) is 17.8 Å². The van der Waals surface area contributed by atoms with Crippen LogP contribution in [-0.2, 0) is 56.0 Å². The number of para-hydroxylation sites is 1. The summed E-state index contributed by atoms with van der Waals surface area (Å²) in [5.74, 6) is -0.267. The van der Waals surface area contributed by atoms with Crippen LogP contribution in [0.1, 0.15) is 54.9 Å². The van der Waals surface area contributed by atoms with Crippen LogP contribution < -0.4 is 26.4 Å². The van der Waals surface area contributed by atoms with Crippen LogP contribution in [-0.4, -0.2) is 11.9 Å². The van der Waals surface area contributed by atoms with Gasteiger partial charge in [-0.25, -0.2) is 4.39 Å². The van der Waals surface area contributed by atoms with Crippen molar-refractivity contribution in [2.75, 3.05) is 0 Å². The Labute approximate surface area is 414 Å². The predicted octanol–water partition coefficient (Wildman–Crippen LogP) is 14.4. The number of rotatable bonds is 7. The van der Waals surface area contributed by atoms with Gasteiger partial charge in [0.25, 0.3) is 0 Å². The molecule has 6 aromatic carbocycles. The summed E-state index contributed by atoms with van der Waals surface area (Å²) >= 11 is 0. The maximum absolute atomic E-state index is 14.2. The first kappa shape index (κ1) is 59.0. The van der Waals surface area contributed by atoms with Gasteiger partial charge in [0, 0.05) is 17.7 Å². The van der Waals surface area contributed by atoms with Gasteiger partial charge in [-0.2, -0.15) is 132 Å². The number of carbonyl (C=O) groups excluding carboxylic acids is 1. The second kappa shape index (κ2) is 20.3. The van der Waals surface area contributed by atoms with Crippen LogP contribution in [0, 0.1) is 5.82 Å². The van der Waals surface area contributed by atoms with E-state index < -0.39 is 195 Å². The van der Waals surface area contributed by atoms with Gasteiger partial charge in [-0.15, -0.1) is 0 Å². The lowest BCUT2D eigenvalue weighted by Gasteiger charge is -2.46. The zero-order chi connectivity index (χ0) is 57.9. The van der Waals surface area contributed by atoms with E-state index in [0.717, 1.165) is 5.52 Å². The molecule has 0 aliphatic rings. The van der Waals surface area contributed by atoms with Crippen molar-refractivity contribution in [3.8, 4) is 0 Å². The van der Waals surface area contributed by atoms with Crippen LogP contribution in [0.5, 0.6) is 0 Å². The fourth-order valence-electron chi connectivity index (χ4n) is 8.33. The summed E-state index contributed by atoms with van der Waals surface area (Å²) in [5, 5.41) is 0.524. The molecule has 0 radical (unpaired) electrons. The van der Waals surface area contributed by atoms with Crippen molar-refractivity contribution >= 4 is 44.7 Å². The molecule has 7 aromatic rings. The number of nitrogens with zero attached hydrogens (tertiary/aromatic N) is 1. The Kier molecular flexibility index (Phi) is 15.5. The summed E-state index contributed by atoms with van der Waals surface area (Å²) in [5.41, 5.74) is -28.8. The molecule has 7 rings (SSSR count). The summed E-state index contributed by atoms with van der Waals surface area (Å²) in [7, 11) is 0. The number of aromatic nitrogens is 1. The molecular weight excluding hydrogens is 1100 g/mol. The molecule has 0 bridgehead atoms. The molecule has 0 fully saturated rings. The lowest BCUT2D eigenvalue weighted by Crippen LogP contribution is -2.75. The van der Waals surface area contributed by atoms with Crippen molar-refractivity contribution in [1.29, 1.82) is 0 Å². The third-order valence-corrected chi connectivity index (χ3v) is 11.7. The SMILES string of the molecule is FC(F)(F)c1cc([B-](c2cc(C(F)(F)F)cc(C(F)(F)F)c2)(c2cc(C(F)(F)F)cc(C(F)(F)F)c2)c2cc(C(F)(F)F)cc(C(F)(F)F)c2)cc(C(F)(F)F)c1.O=C(C[n+]1ccc(F)c2ccccc21)c1ccccc1. The molecule has 0 unspecified atom stereocenters. The first-order valence-electron chi connectivity index (χ1n) is 21.0. The summed E-state index contributed by atoms with van der Waals surface area (Å²) < 4.78 is 356. The van der Waals surface area contributed by atoms with Crippen molar-refractivity contribution in [3.63, 3.8) is 0 Å². The molecule has 0 spiro atoms. The molecule has 2 nitrogen and oxygen atoms in total. The number of alkyl halides is 24. The van der Waals surface area contributed by atoms with E-state index >= 15 is 0 Å².